The lowest BCUT2D eigenvalue weighted by molar-refractivity contribution is -0.120. The Balaban J connectivity index is 1.50. The zero-order chi connectivity index (χ0) is 17.1. The highest BCUT2D eigenvalue weighted by Crippen LogP contribution is 2.36. The van der Waals surface area contributed by atoms with Crippen molar-refractivity contribution >= 4 is 17.7 Å². The number of hydrogen-bond acceptors (Lipinski definition) is 4. The van der Waals surface area contributed by atoms with E-state index < -0.39 is 0 Å². The van der Waals surface area contributed by atoms with Crippen LogP contribution in [0.1, 0.15) is 31.4 Å². The van der Waals surface area contributed by atoms with Gasteiger partial charge in [0.05, 0.1) is 5.25 Å². The number of halogens is 1. The summed E-state index contributed by atoms with van der Waals surface area (Å²) >= 11 is 1.27. The summed E-state index contributed by atoms with van der Waals surface area (Å²) in [5.41, 5.74) is 0.746. The van der Waals surface area contributed by atoms with E-state index in [-0.39, 0.29) is 28.7 Å². The van der Waals surface area contributed by atoms with Crippen LogP contribution in [-0.2, 0) is 11.2 Å². The highest BCUT2D eigenvalue weighted by atomic mass is 32.2. The van der Waals surface area contributed by atoms with Crippen molar-refractivity contribution in [3.05, 3.63) is 46.1 Å². The summed E-state index contributed by atoms with van der Waals surface area (Å²) in [4.78, 5) is 23.9. The Hall–Kier alpha value is -2.09. The standard InChI is InChI=1S/C16H19FN4O2S/c1-10(24-16-20-19-15(23)21(16)13-6-7-13)14(22)18-9-8-11-2-4-12(17)5-3-11/h2-5,10,13H,6-9H2,1H3,(H,18,22)(H,19,23). The minimum atomic E-state index is -0.356. The van der Waals surface area contributed by atoms with Crippen LogP contribution in [-0.4, -0.2) is 32.5 Å². The highest BCUT2D eigenvalue weighted by Gasteiger charge is 2.30. The van der Waals surface area contributed by atoms with E-state index in [0.29, 0.717) is 18.1 Å². The van der Waals surface area contributed by atoms with Crippen molar-refractivity contribution in [2.24, 2.45) is 0 Å². The quantitative estimate of drug-likeness (QED) is 0.748. The molecular weight excluding hydrogens is 331 g/mol. The zero-order valence-electron chi connectivity index (χ0n) is 13.3. The maximum atomic E-state index is 12.8. The Morgan fingerprint density at radius 3 is 2.83 bits per heavy atom. The normalized spacial score (nSPS) is 15.2. The van der Waals surface area contributed by atoms with Crippen LogP contribution in [0.3, 0.4) is 0 Å². The van der Waals surface area contributed by atoms with Gasteiger partial charge in [-0.3, -0.25) is 9.36 Å². The molecule has 3 rings (SSSR count). The lowest BCUT2D eigenvalue weighted by atomic mass is 10.1. The third-order valence-corrected chi connectivity index (χ3v) is 4.93. The van der Waals surface area contributed by atoms with Crippen molar-refractivity contribution in [1.82, 2.24) is 20.1 Å². The first-order valence-electron chi connectivity index (χ1n) is 7.90. The molecule has 1 aromatic heterocycles. The van der Waals surface area contributed by atoms with Gasteiger partial charge in [-0.25, -0.2) is 14.3 Å². The van der Waals surface area contributed by atoms with Crippen LogP contribution < -0.4 is 11.0 Å². The van der Waals surface area contributed by atoms with Crippen molar-refractivity contribution < 1.29 is 9.18 Å². The third-order valence-electron chi connectivity index (χ3n) is 3.86. The number of carbonyl (C=O) groups is 1. The maximum absolute atomic E-state index is 12.8. The summed E-state index contributed by atoms with van der Waals surface area (Å²) in [5, 5.41) is 9.52. The average Bonchev–Trinajstić information content (AvgIpc) is 3.33. The number of H-pyrrole nitrogens is 1. The molecule has 2 N–H and O–H groups in total. The molecule has 24 heavy (non-hydrogen) atoms. The van der Waals surface area contributed by atoms with Crippen LogP contribution in [0.25, 0.3) is 0 Å². The molecule has 0 saturated heterocycles. The zero-order valence-corrected chi connectivity index (χ0v) is 14.1. The van der Waals surface area contributed by atoms with Crippen molar-refractivity contribution in [2.45, 2.75) is 42.6 Å². The van der Waals surface area contributed by atoms with Gasteiger partial charge in [-0.1, -0.05) is 23.9 Å². The highest BCUT2D eigenvalue weighted by molar-refractivity contribution is 8.00. The monoisotopic (exact) mass is 350 g/mol. The lowest BCUT2D eigenvalue weighted by Gasteiger charge is -2.12. The Labute approximate surface area is 142 Å². The molecule has 1 heterocycles. The molecule has 128 valence electrons. The number of nitrogens with zero attached hydrogens (tertiary/aromatic N) is 2. The first-order valence-corrected chi connectivity index (χ1v) is 8.78. The Morgan fingerprint density at radius 1 is 1.46 bits per heavy atom. The van der Waals surface area contributed by atoms with Gasteiger partial charge in [0.25, 0.3) is 0 Å². The third kappa shape index (κ3) is 4.05. The van der Waals surface area contributed by atoms with Gasteiger partial charge < -0.3 is 5.32 Å². The number of nitrogens with one attached hydrogen (secondary N) is 2. The molecule has 1 aliphatic rings. The van der Waals surface area contributed by atoms with E-state index in [1.54, 1.807) is 23.6 Å². The smallest absolute Gasteiger partial charge is 0.344 e. The van der Waals surface area contributed by atoms with Crippen molar-refractivity contribution in [2.75, 3.05) is 6.54 Å². The summed E-state index contributed by atoms with van der Waals surface area (Å²) in [6, 6.07) is 6.44. The summed E-state index contributed by atoms with van der Waals surface area (Å²) in [5.74, 6) is -0.381. The van der Waals surface area contributed by atoms with Crippen molar-refractivity contribution in [1.29, 1.82) is 0 Å². The molecular formula is C16H19FN4O2S. The number of aromatic nitrogens is 3. The second-order valence-corrected chi connectivity index (χ2v) is 7.15. The fourth-order valence-electron chi connectivity index (χ4n) is 2.36. The molecule has 0 radical (unpaired) electrons. The molecule has 6 nitrogen and oxygen atoms in total. The number of hydrogen-bond donors (Lipinski definition) is 2. The van der Waals surface area contributed by atoms with Crippen LogP contribution in [0.4, 0.5) is 4.39 Å². The van der Waals surface area contributed by atoms with Gasteiger partial charge in [-0.05, 0) is 43.9 Å². The second-order valence-electron chi connectivity index (χ2n) is 5.84. The SMILES string of the molecule is CC(Sc1n[nH]c(=O)n1C1CC1)C(=O)NCCc1ccc(F)cc1. The summed E-state index contributed by atoms with van der Waals surface area (Å²) in [6.45, 7) is 2.26. The van der Waals surface area contributed by atoms with Crippen LogP contribution >= 0.6 is 11.8 Å². The molecule has 0 bridgehead atoms. The van der Waals surface area contributed by atoms with E-state index >= 15 is 0 Å². The van der Waals surface area contributed by atoms with E-state index in [2.05, 4.69) is 15.5 Å². The van der Waals surface area contributed by atoms with Gasteiger partial charge in [0, 0.05) is 12.6 Å². The molecule has 1 saturated carbocycles. The maximum Gasteiger partial charge on any atom is 0.344 e. The van der Waals surface area contributed by atoms with E-state index in [4.69, 9.17) is 0 Å². The molecule has 2 aromatic rings. The summed E-state index contributed by atoms with van der Waals surface area (Å²) in [7, 11) is 0. The number of carbonyl (C=O) groups excluding carboxylic acids is 1. The molecule has 8 heteroatoms. The molecule has 1 atom stereocenters. The van der Waals surface area contributed by atoms with Gasteiger partial charge in [0.1, 0.15) is 5.82 Å². The van der Waals surface area contributed by atoms with E-state index in [9.17, 15) is 14.0 Å². The Bertz CT molecular complexity index is 767. The van der Waals surface area contributed by atoms with Gasteiger partial charge in [0.15, 0.2) is 5.16 Å². The molecule has 1 aliphatic carbocycles. The Kier molecular flexibility index (Phi) is 5.03. The first-order chi connectivity index (χ1) is 11.5. The number of amides is 1. The molecule has 1 fully saturated rings. The molecule has 0 spiro atoms. The Morgan fingerprint density at radius 2 is 2.17 bits per heavy atom. The average molecular weight is 350 g/mol. The van der Waals surface area contributed by atoms with E-state index in [1.165, 1.54) is 23.9 Å². The fourth-order valence-corrected chi connectivity index (χ4v) is 3.32. The molecule has 0 aliphatic heterocycles. The second kappa shape index (κ2) is 7.21. The van der Waals surface area contributed by atoms with Crippen molar-refractivity contribution in [3.8, 4) is 0 Å². The van der Waals surface area contributed by atoms with Crippen LogP contribution in [0.5, 0.6) is 0 Å². The van der Waals surface area contributed by atoms with Gasteiger partial charge in [-0.2, -0.15) is 0 Å². The van der Waals surface area contributed by atoms with E-state index in [1.807, 2.05) is 0 Å². The number of benzene rings is 1. The summed E-state index contributed by atoms with van der Waals surface area (Å²) in [6.07, 6.45) is 2.59. The van der Waals surface area contributed by atoms with Crippen LogP contribution in [0.2, 0.25) is 0 Å². The molecule has 1 aromatic carbocycles. The summed E-state index contributed by atoms with van der Waals surface area (Å²) < 4.78 is 14.5. The fraction of sp³-hybridized carbons (Fsp3) is 0.438. The number of thioether (sulfide) groups is 1. The number of rotatable bonds is 7. The van der Waals surface area contributed by atoms with Crippen molar-refractivity contribution in [3.63, 3.8) is 0 Å². The van der Waals surface area contributed by atoms with Gasteiger partial charge in [-0.15, -0.1) is 5.10 Å². The predicted octanol–water partition coefficient (Wildman–Crippen LogP) is 1.88. The molecule has 1 amide bonds. The molecule has 1 unspecified atom stereocenters. The lowest BCUT2D eigenvalue weighted by Crippen LogP contribution is -2.32. The van der Waals surface area contributed by atoms with Gasteiger partial charge in [0.2, 0.25) is 5.91 Å². The van der Waals surface area contributed by atoms with Crippen LogP contribution in [0.15, 0.2) is 34.2 Å². The van der Waals surface area contributed by atoms with E-state index in [0.717, 1.165) is 18.4 Å². The van der Waals surface area contributed by atoms with Gasteiger partial charge >= 0.3 is 5.69 Å². The largest absolute Gasteiger partial charge is 0.355 e. The topological polar surface area (TPSA) is 79.8 Å². The van der Waals surface area contributed by atoms with Crippen LogP contribution in [0, 0.1) is 5.82 Å². The minimum absolute atomic E-state index is 0.111. The minimum Gasteiger partial charge on any atom is -0.355 e. The number of aromatic amines is 1. The predicted molar refractivity (Wildman–Crippen MR) is 89.6 cm³/mol. The first kappa shape index (κ1) is 16.8.